The molecule has 1 atom stereocenters. The molecule has 2 aromatic heterocycles. The summed E-state index contributed by atoms with van der Waals surface area (Å²) in [7, 11) is 0. The van der Waals surface area contributed by atoms with Crippen LogP contribution in [-0.2, 0) is 4.79 Å². The van der Waals surface area contributed by atoms with Crippen LogP contribution in [0.4, 0.5) is 5.69 Å². The third-order valence-electron chi connectivity index (χ3n) is 5.35. The Morgan fingerprint density at radius 1 is 1.09 bits per heavy atom. The molecule has 4 aromatic rings. The molecule has 162 valence electrons. The van der Waals surface area contributed by atoms with E-state index < -0.39 is 23.5 Å². The number of carbonyl (C=O) groups excluding carboxylic acids is 1. The number of aryl methyl sites for hydroxylation is 2. The van der Waals surface area contributed by atoms with Gasteiger partial charge < -0.3 is 10.4 Å². The first-order chi connectivity index (χ1) is 15.3. The minimum absolute atomic E-state index is 0.00824. The molecule has 32 heavy (non-hydrogen) atoms. The number of rotatable bonds is 5. The van der Waals surface area contributed by atoms with Crippen molar-refractivity contribution in [3.8, 4) is 11.4 Å². The molecule has 0 radical (unpaired) electrons. The highest BCUT2D eigenvalue weighted by atomic mass is 32.1. The summed E-state index contributed by atoms with van der Waals surface area (Å²) in [6, 6.07) is 13.9. The van der Waals surface area contributed by atoms with Crippen molar-refractivity contribution in [3.05, 3.63) is 81.0 Å². The number of aromatic nitrogens is 2. The van der Waals surface area contributed by atoms with E-state index >= 15 is 0 Å². The fraction of sp³-hybridized carbons (Fsp3) is 0.167. The summed E-state index contributed by atoms with van der Waals surface area (Å²) < 4.78 is 1.28. The average molecular weight is 448 g/mol. The number of anilines is 1. The Labute approximate surface area is 188 Å². The van der Waals surface area contributed by atoms with Crippen molar-refractivity contribution in [3.63, 3.8) is 0 Å². The Balaban J connectivity index is 1.90. The first kappa shape index (κ1) is 21.5. The van der Waals surface area contributed by atoms with Gasteiger partial charge in [0.1, 0.15) is 16.7 Å². The van der Waals surface area contributed by atoms with Crippen molar-refractivity contribution in [1.82, 2.24) is 9.55 Å². The molecule has 0 saturated carbocycles. The smallest absolute Gasteiger partial charge is 0.337 e. The number of hydrogen-bond acceptors (Lipinski definition) is 5. The van der Waals surface area contributed by atoms with E-state index in [1.54, 1.807) is 13.0 Å². The third-order valence-corrected chi connectivity index (χ3v) is 6.22. The zero-order chi connectivity index (χ0) is 23.0. The largest absolute Gasteiger partial charge is 0.478 e. The van der Waals surface area contributed by atoms with Gasteiger partial charge in [-0.05, 0) is 32.4 Å². The number of benzene rings is 2. The molecule has 2 heterocycles. The second-order valence-electron chi connectivity index (χ2n) is 7.59. The first-order valence-electron chi connectivity index (χ1n) is 9.98. The summed E-state index contributed by atoms with van der Waals surface area (Å²) in [4.78, 5) is 43.3. The van der Waals surface area contributed by atoms with Gasteiger partial charge in [0.05, 0.1) is 10.9 Å². The van der Waals surface area contributed by atoms with Gasteiger partial charge in [0.15, 0.2) is 0 Å². The highest BCUT2D eigenvalue weighted by molar-refractivity contribution is 7.17. The van der Waals surface area contributed by atoms with E-state index in [0.717, 1.165) is 22.5 Å². The summed E-state index contributed by atoms with van der Waals surface area (Å²) in [6.45, 7) is 5.43. The minimum atomic E-state index is -1.21. The highest BCUT2D eigenvalue weighted by Crippen LogP contribution is 2.28. The second-order valence-corrected chi connectivity index (χ2v) is 8.45. The van der Waals surface area contributed by atoms with Crippen LogP contribution in [0.15, 0.2) is 58.7 Å². The van der Waals surface area contributed by atoms with Gasteiger partial charge in [-0.25, -0.2) is 9.78 Å². The van der Waals surface area contributed by atoms with E-state index in [1.807, 2.05) is 56.3 Å². The van der Waals surface area contributed by atoms with Crippen molar-refractivity contribution in [1.29, 1.82) is 0 Å². The van der Waals surface area contributed by atoms with Crippen LogP contribution >= 0.6 is 11.3 Å². The molecule has 0 saturated heterocycles. The zero-order valence-corrected chi connectivity index (χ0v) is 18.6. The van der Waals surface area contributed by atoms with Crippen LogP contribution < -0.4 is 10.9 Å². The van der Waals surface area contributed by atoms with E-state index in [-0.39, 0.29) is 10.9 Å². The summed E-state index contributed by atoms with van der Waals surface area (Å²) in [6.07, 6.45) is 0. The molecular formula is C24H21N3O4S. The Hall–Kier alpha value is -3.78. The number of carboxylic acids is 1. The second kappa shape index (κ2) is 8.39. The normalized spacial score (nSPS) is 12.0. The van der Waals surface area contributed by atoms with Gasteiger partial charge in [-0.1, -0.05) is 48.0 Å². The summed E-state index contributed by atoms with van der Waals surface area (Å²) in [5.74, 6) is -1.29. The summed E-state index contributed by atoms with van der Waals surface area (Å²) in [5, 5.41) is 13.8. The maximum atomic E-state index is 13.5. The standard InChI is InChI=1S/C24H21N3O4S/c1-13-8-10-16(11-9-13)20-26-22-19(17(12-32-22)24(30)31)23(29)27(20)15(3)21(28)25-18-7-5-4-6-14(18)2/h4-12,15H,1-3H3,(H,25,28)(H,30,31). The molecule has 7 nitrogen and oxygen atoms in total. The molecule has 1 amide bonds. The maximum absolute atomic E-state index is 13.5. The number of amides is 1. The number of nitrogens with one attached hydrogen (secondary N) is 1. The van der Waals surface area contributed by atoms with Crippen molar-refractivity contribution in [2.75, 3.05) is 5.32 Å². The molecule has 2 N–H and O–H groups in total. The maximum Gasteiger partial charge on any atom is 0.337 e. The molecule has 8 heteroatoms. The van der Waals surface area contributed by atoms with Crippen LogP contribution in [0.1, 0.15) is 34.5 Å². The van der Waals surface area contributed by atoms with Crippen LogP contribution in [0.3, 0.4) is 0 Å². The molecule has 0 aliphatic rings. The van der Waals surface area contributed by atoms with Gasteiger partial charge in [0.2, 0.25) is 5.91 Å². The molecular weight excluding hydrogens is 426 g/mol. The monoisotopic (exact) mass is 447 g/mol. The molecule has 2 aromatic carbocycles. The lowest BCUT2D eigenvalue weighted by molar-refractivity contribution is -0.118. The highest BCUT2D eigenvalue weighted by Gasteiger charge is 2.26. The predicted octanol–water partition coefficient (Wildman–Crippen LogP) is 4.64. The van der Waals surface area contributed by atoms with Gasteiger partial charge >= 0.3 is 5.97 Å². The summed E-state index contributed by atoms with van der Waals surface area (Å²) in [5.41, 5.74) is 2.56. The molecule has 0 spiro atoms. The Bertz CT molecular complexity index is 1400. The Kier molecular flexibility index (Phi) is 5.63. The fourth-order valence-electron chi connectivity index (χ4n) is 3.49. The van der Waals surface area contributed by atoms with Crippen LogP contribution in [0.5, 0.6) is 0 Å². The van der Waals surface area contributed by atoms with Crippen LogP contribution in [-0.4, -0.2) is 26.5 Å². The third kappa shape index (κ3) is 3.80. The Morgan fingerprint density at radius 2 is 1.78 bits per heavy atom. The fourth-order valence-corrected chi connectivity index (χ4v) is 4.40. The SMILES string of the molecule is Cc1ccc(-c2nc3scc(C(=O)O)c3c(=O)n2C(C)C(=O)Nc2ccccc2C)cc1. The zero-order valence-electron chi connectivity index (χ0n) is 17.7. The number of para-hydroxylation sites is 1. The van der Waals surface area contributed by atoms with Gasteiger partial charge in [-0.2, -0.15) is 0 Å². The molecule has 0 bridgehead atoms. The number of nitrogens with zero attached hydrogens (tertiary/aromatic N) is 2. The average Bonchev–Trinajstić information content (AvgIpc) is 3.20. The number of thiophene rings is 1. The van der Waals surface area contributed by atoms with Crippen molar-refractivity contribution < 1.29 is 14.7 Å². The molecule has 4 rings (SSSR count). The predicted molar refractivity (Wildman–Crippen MR) is 126 cm³/mol. The molecule has 0 aliphatic carbocycles. The van der Waals surface area contributed by atoms with E-state index in [4.69, 9.17) is 0 Å². The summed E-state index contributed by atoms with van der Waals surface area (Å²) >= 11 is 1.10. The quantitative estimate of drug-likeness (QED) is 0.464. The van der Waals surface area contributed by atoms with E-state index in [9.17, 15) is 19.5 Å². The number of fused-ring (bicyclic) bond motifs is 1. The molecule has 1 unspecified atom stereocenters. The minimum Gasteiger partial charge on any atom is -0.478 e. The van der Waals surface area contributed by atoms with Gasteiger partial charge in [0, 0.05) is 16.6 Å². The number of hydrogen-bond donors (Lipinski definition) is 2. The Morgan fingerprint density at radius 3 is 2.44 bits per heavy atom. The van der Waals surface area contributed by atoms with Crippen molar-refractivity contribution >= 4 is 39.1 Å². The number of carboxylic acid groups (broad SMARTS) is 1. The van der Waals surface area contributed by atoms with Gasteiger partial charge in [0.25, 0.3) is 5.56 Å². The lowest BCUT2D eigenvalue weighted by Gasteiger charge is -2.20. The van der Waals surface area contributed by atoms with Gasteiger partial charge in [-0.3, -0.25) is 14.2 Å². The lowest BCUT2D eigenvalue weighted by Crippen LogP contribution is -2.33. The number of aromatic carboxylic acids is 1. The van der Waals surface area contributed by atoms with E-state index in [2.05, 4.69) is 10.3 Å². The first-order valence-corrected chi connectivity index (χ1v) is 10.9. The van der Waals surface area contributed by atoms with Crippen molar-refractivity contribution in [2.45, 2.75) is 26.8 Å². The number of carbonyl (C=O) groups is 2. The van der Waals surface area contributed by atoms with Crippen LogP contribution in [0.25, 0.3) is 21.6 Å². The molecule has 0 aliphatic heterocycles. The van der Waals surface area contributed by atoms with E-state index in [0.29, 0.717) is 21.9 Å². The van der Waals surface area contributed by atoms with Crippen LogP contribution in [0, 0.1) is 13.8 Å². The van der Waals surface area contributed by atoms with Crippen LogP contribution in [0.2, 0.25) is 0 Å². The topological polar surface area (TPSA) is 101 Å². The van der Waals surface area contributed by atoms with E-state index in [1.165, 1.54) is 9.95 Å². The molecule has 0 fully saturated rings. The van der Waals surface area contributed by atoms with Crippen molar-refractivity contribution in [2.24, 2.45) is 0 Å². The van der Waals surface area contributed by atoms with Gasteiger partial charge in [-0.15, -0.1) is 11.3 Å². The lowest BCUT2D eigenvalue weighted by atomic mass is 10.1.